The van der Waals surface area contributed by atoms with E-state index in [1.165, 1.54) is 0 Å². The zero-order chi connectivity index (χ0) is 9.26. The molecule has 0 aromatic heterocycles. The van der Waals surface area contributed by atoms with Gasteiger partial charge < -0.3 is 10.8 Å². The first-order valence-electron chi connectivity index (χ1n) is 4.19. The zero-order valence-corrected chi connectivity index (χ0v) is 7.20. The second-order valence-electron chi connectivity index (χ2n) is 3.06. The number of hydrogen-bond acceptors (Lipinski definition) is 2. The minimum atomic E-state index is 0.0367. The van der Waals surface area contributed by atoms with Gasteiger partial charge in [-0.2, -0.15) is 0 Å². The van der Waals surface area contributed by atoms with E-state index in [-0.39, 0.29) is 6.61 Å². The van der Waals surface area contributed by atoms with Crippen molar-refractivity contribution in [3.63, 3.8) is 0 Å². The van der Waals surface area contributed by atoms with Gasteiger partial charge in [0.05, 0.1) is 6.61 Å². The molecule has 2 aromatic carbocycles. The molecule has 66 valence electrons. The fourth-order valence-corrected chi connectivity index (χ4v) is 1.50. The van der Waals surface area contributed by atoms with Crippen LogP contribution in [0.3, 0.4) is 0 Å². The normalized spacial score (nSPS) is 10.5. The number of anilines is 1. The van der Waals surface area contributed by atoms with Crippen molar-refractivity contribution >= 4 is 16.5 Å². The fourth-order valence-electron chi connectivity index (χ4n) is 1.50. The summed E-state index contributed by atoms with van der Waals surface area (Å²) in [5.41, 5.74) is 7.40. The Morgan fingerprint density at radius 2 is 1.92 bits per heavy atom. The summed E-state index contributed by atoms with van der Waals surface area (Å²) in [7, 11) is 0. The molecule has 0 heterocycles. The first kappa shape index (κ1) is 8.08. The standard InChI is InChI=1S/C11H11NO/c12-11-6-8(7-13)5-9-3-1-2-4-10(9)11/h1-6,13H,7,12H2. The van der Waals surface area contributed by atoms with Crippen molar-refractivity contribution in [2.45, 2.75) is 6.61 Å². The maximum atomic E-state index is 8.97. The maximum Gasteiger partial charge on any atom is 0.0682 e. The summed E-state index contributed by atoms with van der Waals surface area (Å²) in [5.74, 6) is 0. The van der Waals surface area contributed by atoms with E-state index in [0.29, 0.717) is 0 Å². The predicted octanol–water partition coefficient (Wildman–Crippen LogP) is 1.91. The lowest BCUT2D eigenvalue weighted by Gasteiger charge is -2.04. The summed E-state index contributed by atoms with van der Waals surface area (Å²) >= 11 is 0. The van der Waals surface area contributed by atoms with Crippen LogP contribution >= 0.6 is 0 Å². The van der Waals surface area contributed by atoms with Crippen LogP contribution in [0.15, 0.2) is 36.4 Å². The Balaban J connectivity index is 2.77. The predicted molar refractivity (Wildman–Crippen MR) is 54.3 cm³/mol. The number of aliphatic hydroxyl groups excluding tert-OH is 1. The summed E-state index contributed by atoms with van der Waals surface area (Å²) in [6, 6.07) is 11.6. The van der Waals surface area contributed by atoms with Crippen LogP contribution in [0.5, 0.6) is 0 Å². The highest BCUT2D eigenvalue weighted by Crippen LogP contribution is 2.22. The molecule has 0 fully saturated rings. The number of aliphatic hydroxyl groups is 1. The van der Waals surface area contributed by atoms with Crippen LogP contribution in [0.2, 0.25) is 0 Å². The number of nitrogens with two attached hydrogens (primary N) is 1. The monoisotopic (exact) mass is 173 g/mol. The van der Waals surface area contributed by atoms with Gasteiger partial charge in [0.15, 0.2) is 0 Å². The average Bonchev–Trinajstić information content (AvgIpc) is 2.18. The van der Waals surface area contributed by atoms with E-state index in [9.17, 15) is 0 Å². The van der Waals surface area contributed by atoms with Crippen molar-refractivity contribution in [3.8, 4) is 0 Å². The van der Waals surface area contributed by atoms with Crippen LogP contribution in [0, 0.1) is 0 Å². The quantitative estimate of drug-likeness (QED) is 0.647. The second-order valence-corrected chi connectivity index (χ2v) is 3.06. The van der Waals surface area contributed by atoms with Crippen molar-refractivity contribution in [2.24, 2.45) is 0 Å². The molecule has 0 saturated heterocycles. The molecule has 2 heteroatoms. The highest BCUT2D eigenvalue weighted by Gasteiger charge is 1.99. The molecular weight excluding hydrogens is 162 g/mol. The van der Waals surface area contributed by atoms with Gasteiger partial charge in [-0.25, -0.2) is 0 Å². The van der Waals surface area contributed by atoms with Crippen LogP contribution < -0.4 is 5.73 Å². The van der Waals surface area contributed by atoms with E-state index in [0.717, 1.165) is 22.0 Å². The van der Waals surface area contributed by atoms with Gasteiger partial charge in [-0.1, -0.05) is 24.3 Å². The highest BCUT2D eigenvalue weighted by molar-refractivity contribution is 5.93. The van der Waals surface area contributed by atoms with Crippen LogP contribution in [-0.4, -0.2) is 5.11 Å². The number of nitrogen functional groups attached to an aromatic ring is 1. The van der Waals surface area contributed by atoms with E-state index in [1.807, 2.05) is 36.4 Å². The highest BCUT2D eigenvalue weighted by atomic mass is 16.3. The van der Waals surface area contributed by atoms with Gasteiger partial charge in [-0.3, -0.25) is 0 Å². The van der Waals surface area contributed by atoms with Gasteiger partial charge in [0.2, 0.25) is 0 Å². The Bertz CT molecular complexity index is 437. The SMILES string of the molecule is Nc1cc(CO)cc2ccccc12. The third kappa shape index (κ3) is 1.36. The summed E-state index contributed by atoms with van der Waals surface area (Å²) < 4.78 is 0. The lowest BCUT2D eigenvalue weighted by atomic mass is 10.1. The molecule has 0 aliphatic heterocycles. The number of benzene rings is 2. The van der Waals surface area contributed by atoms with Gasteiger partial charge in [-0.15, -0.1) is 0 Å². The minimum absolute atomic E-state index is 0.0367. The molecule has 0 saturated carbocycles. The Morgan fingerprint density at radius 3 is 2.69 bits per heavy atom. The molecule has 0 aliphatic carbocycles. The Labute approximate surface area is 76.6 Å². The Morgan fingerprint density at radius 1 is 1.15 bits per heavy atom. The van der Waals surface area contributed by atoms with E-state index in [2.05, 4.69) is 0 Å². The molecule has 3 N–H and O–H groups in total. The zero-order valence-electron chi connectivity index (χ0n) is 7.20. The van der Waals surface area contributed by atoms with Gasteiger partial charge in [0.1, 0.15) is 0 Å². The van der Waals surface area contributed by atoms with Gasteiger partial charge >= 0.3 is 0 Å². The van der Waals surface area contributed by atoms with E-state index >= 15 is 0 Å². The van der Waals surface area contributed by atoms with Crippen molar-refractivity contribution < 1.29 is 5.11 Å². The summed E-state index contributed by atoms with van der Waals surface area (Å²) in [5, 5.41) is 11.1. The lowest BCUT2D eigenvalue weighted by Crippen LogP contribution is -1.90. The van der Waals surface area contributed by atoms with E-state index in [4.69, 9.17) is 10.8 Å². The fraction of sp³-hybridized carbons (Fsp3) is 0.0909. The van der Waals surface area contributed by atoms with Crippen LogP contribution in [0.25, 0.3) is 10.8 Å². The van der Waals surface area contributed by atoms with Crippen LogP contribution in [0.1, 0.15) is 5.56 Å². The third-order valence-corrected chi connectivity index (χ3v) is 2.14. The average molecular weight is 173 g/mol. The summed E-state index contributed by atoms with van der Waals surface area (Å²) in [6.07, 6.45) is 0. The molecule has 0 aliphatic rings. The van der Waals surface area contributed by atoms with Crippen molar-refractivity contribution in [3.05, 3.63) is 42.0 Å². The minimum Gasteiger partial charge on any atom is -0.398 e. The molecule has 13 heavy (non-hydrogen) atoms. The Hall–Kier alpha value is -1.54. The molecule has 0 unspecified atom stereocenters. The van der Waals surface area contributed by atoms with Crippen LogP contribution in [-0.2, 0) is 6.61 Å². The van der Waals surface area contributed by atoms with Gasteiger partial charge in [0, 0.05) is 11.1 Å². The van der Waals surface area contributed by atoms with E-state index < -0.39 is 0 Å². The van der Waals surface area contributed by atoms with Gasteiger partial charge in [-0.05, 0) is 23.1 Å². The molecule has 0 bridgehead atoms. The smallest absolute Gasteiger partial charge is 0.0682 e. The topological polar surface area (TPSA) is 46.2 Å². The summed E-state index contributed by atoms with van der Waals surface area (Å²) in [6.45, 7) is 0.0367. The van der Waals surface area contributed by atoms with Crippen LogP contribution in [0.4, 0.5) is 5.69 Å². The first-order chi connectivity index (χ1) is 6.31. The van der Waals surface area contributed by atoms with Crippen molar-refractivity contribution in [1.82, 2.24) is 0 Å². The maximum absolute atomic E-state index is 8.97. The van der Waals surface area contributed by atoms with Crippen molar-refractivity contribution in [1.29, 1.82) is 0 Å². The number of hydrogen-bond donors (Lipinski definition) is 2. The molecule has 0 radical (unpaired) electrons. The molecule has 0 spiro atoms. The molecule has 0 amide bonds. The van der Waals surface area contributed by atoms with E-state index in [1.54, 1.807) is 0 Å². The molecular formula is C11H11NO. The molecule has 2 nitrogen and oxygen atoms in total. The molecule has 0 atom stereocenters. The Kier molecular flexibility index (Phi) is 1.91. The molecule has 2 aromatic rings. The largest absolute Gasteiger partial charge is 0.398 e. The third-order valence-electron chi connectivity index (χ3n) is 2.14. The lowest BCUT2D eigenvalue weighted by molar-refractivity contribution is 0.282. The van der Waals surface area contributed by atoms with Gasteiger partial charge in [0.25, 0.3) is 0 Å². The number of rotatable bonds is 1. The van der Waals surface area contributed by atoms with Crippen molar-refractivity contribution in [2.75, 3.05) is 5.73 Å². The second kappa shape index (κ2) is 3.07. The summed E-state index contributed by atoms with van der Waals surface area (Å²) in [4.78, 5) is 0. The first-order valence-corrected chi connectivity index (χ1v) is 4.19. The molecule has 2 rings (SSSR count). The number of fused-ring (bicyclic) bond motifs is 1.